The maximum Gasteiger partial charge on any atom is 0.0719 e. The number of para-hydroxylation sites is 1. The molecule has 1 aromatic heterocycles. The van der Waals surface area contributed by atoms with Gasteiger partial charge in [0.15, 0.2) is 0 Å². The van der Waals surface area contributed by atoms with E-state index >= 15 is 0 Å². The molecule has 0 radical (unpaired) electrons. The summed E-state index contributed by atoms with van der Waals surface area (Å²) in [5.74, 6) is 0.183. The first-order chi connectivity index (χ1) is 33.7. The van der Waals surface area contributed by atoms with E-state index in [1.807, 2.05) is 0 Å². The van der Waals surface area contributed by atoms with E-state index in [1.54, 1.807) is 0 Å². The molecular formula is C66H48N2. The molecule has 322 valence electrons. The number of anilines is 2. The molecule has 68 heavy (non-hydrogen) atoms. The van der Waals surface area contributed by atoms with Crippen molar-refractivity contribution in [1.82, 2.24) is 4.57 Å². The van der Waals surface area contributed by atoms with Crippen LogP contribution in [0.3, 0.4) is 0 Å². The fraction of sp³-hybridized carbons (Fsp3) is 0.0909. The van der Waals surface area contributed by atoms with E-state index in [4.69, 9.17) is 0 Å². The number of nitrogens with zero attached hydrogens (tertiary/aromatic N) is 2. The fourth-order valence-corrected chi connectivity index (χ4v) is 13.0. The van der Waals surface area contributed by atoms with Gasteiger partial charge < -0.3 is 9.47 Å². The van der Waals surface area contributed by atoms with Crippen LogP contribution in [0.15, 0.2) is 254 Å². The normalized spacial score (nSPS) is 19.8. The largest absolute Gasteiger partial charge is 0.311 e. The molecular weight excluding hydrogens is 821 g/mol. The molecule has 0 aliphatic heterocycles. The lowest BCUT2D eigenvalue weighted by Crippen LogP contribution is -2.47. The van der Waals surface area contributed by atoms with Gasteiger partial charge in [-0.1, -0.05) is 200 Å². The number of hydrogen-bond acceptors (Lipinski definition) is 1. The zero-order chi connectivity index (χ0) is 44.8. The second kappa shape index (κ2) is 15.2. The number of aromatic nitrogens is 1. The Morgan fingerprint density at radius 1 is 0.471 bits per heavy atom. The molecule has 2 heteroatoms. The Hall–Kier alpha value is -8.20. The summed E-state index contributed by atoms with van der Waals surface area (Å²) >= 11 is 0. The second-order valence-corrected chi connectivity index (χ2v) is 19.0. The van der Waals surface area contributed by atoms with E-state index in [0.29, 0.717) is 0 Å². The molecule has 4 aliphatic rings. The summed E-state index contributed by atoms with van der Waals surface area (Å²) < 4.78 is 2.45. The molecule has 0 spiro atoms. The van der Waals surface area contributed by atoms with Gasteiger partial charge in [0, 0.05) is 33.5 Å². The minimum atomic E-state index is -0.476. The average Bonchev–Trinajstić information content (AvgIpc) is 3.91. The van der Waals surface area contributed by atoms with Crippen molar-refractivity contribution < 1.29 is 0 Å². The third kappa shape index (κ3) is 5.40. The summed E-state index contributed by atoms with van der Waals surface area (Å²) in [5.41, 5.74) is 18.3. The molecule has 4 aliphatic carbocycles. The Kier molecular flexibility index (Phi) is 8.70. The number of benzene rings is 9. The molecule has 14 rings (SSSR count). The first-order valence-corrected chi connectivity index (χ1v) is 24.3. The van der Waals surface area contributed by atoms with Crippen molar-refractivity contribution in [3.63, 3.8) is 0 Å². The molecule has 3 atom stereocenters. The number of allylic oxidation sites excluding steroid dienone is 7. The smallest absolute Gasteiger partial charge is 0.0719 e. The van der Waals surface area contributed by atoms with Gasteiger partial charge in [0.25, 0.3) is 0 Å². The van der Waals surface area contributed by atoms with Crippen LogP contribution in [-0.4, -0.2) is 4.57 Å². The molecule has 2 unspecified atom stereocenters. The molecule has 2 nitrogen and oxygen atoms in total. The first-order valence-electron chi connectivity index (χ1n) is 24.3. The monoisotopic (exact) mass is 868 g/mol. The van der Waals surface area contributed by atoms with Crippen LogP contribution in [0, 0.1) is 5.92 Å². The fourth-order valence-electron chi connectivity index (χ4n) is 13.0. The van der Waals surface area contributed by atoms with Gasteiger partial charge in [0.2, 0.25) is 0 Å². The van der Waals surface area contributed by atoms with Crippen molar-refractivity contribution in [3.05, 3.63) is 293 Å². The molecule has 1 heterocycles. The van der Waals surface area contributed by atoms with E-state index < -0.39 is 10.8 Å². The quantitative estimate of drug-likeness (QED) is 0.155. The van der Waals surface area contributed by atoms with Crippen molar-refractivity contribution in [2.24, 2.45) is 5.92 Å². The predicted octanol–water partition coefficient (Wildman–Crippen LogP) is 16.5. The molecule has 0 fully saturated rings. The van der Waals surface area contributed by atoms with Gasteiger partial charge in [-0.2, -0.15) is 0 Å². The SMILES string of the molecule is C1=CCC(C2(c3ccc(N(C4=CCCC=C4)c4ccc5c6ccccc6n(-c6ccc7ccccc7c6)c5c4)cc3)c3ccccc3[C@]3(c4ccccc4)c4ccccc4-c4cccc2c43)C=C1. The number of hydrogen-bond donors (Lipinski definition) is 0. The zero-order valence-electron chi connectivity index (χ0n) is 37.8. The van der Waals surface area contributed by atoms with Gasteiger partial charge in [-0.05, 0) is 135 Å². The van der Waals surface area contributed by atoms with Crippen molar-refractivity contribution in [3.8, 4) is 16.8 Å². The zero-order valence-corrected chi connectivity index (χ0v) is 37.8. The topological polar surface area (TPSA) is 8.17 Å². The van der Waals surface area contributed by atoms with Crippen LogP contribution in [0.1, 0.15) is 58.2 Å². The highest BCUT2D eigenvalue weighted by Gasteiger charge is 2.58. The summed E-state index contributed by atoms with van der Waals surface area (Å²) in [6.07, 6.45) is 19.4. The standard InChI is InChI=1S/C66H48N2/c1-4-21-47(22-5-1)65(59-31-15-16-32-60(59)66(48-23-6-2-7-24-48)58-30-14-12-27-54(58)57-29-18-33-61(65)64(57)66)49-36-39-51(40-37-49)67(50-25-8-3-9-26-50)53-41-42-56-55-28-13-17-34-62(55)68(63(56)44-53)52-38-35-45-19-10-11-20-46(45)43-52/h1-2,4-8,10-21,23-44,47H,3,9,22H2/t47?,65?,66-/m0/s1. The lowest BCUT2D eigenvalue weighted by Gasteiger charge is -2.52. The number of fused-ring (bicyclic) bond motifs is 9. The molecule has 0 N–H and O–H groups in total. The maximum absolute atomic E-state index is 2.48. The van der Waals surface area contributed by atoms with Gasteiger partial charge in [-0.25, -0.2) is 0 Å². The van der Waals surface area contributed by atoms with Gasteiger partial charge in [-0.3, -0.25) is 0 Å². The summed E-state index contributed by atoms with van der Waals surface area (Å²) in [4.78, 5) is 2.48. The van der Waals surface area contributed by atoms with Gasteiger partial charge in [-0.15, -0.1) is 0 Å². The van der Waals surface area contributed by atoms with Crippen LogP contribution in [0.4, 0.5) is 11.4 Å². The van der Waals surface area contributed by atoms with Crippen LogP contribution in [0.25, 0.3) is 49.4 Å². The second-order valence-electron chi connectivity index (χ2n) is 19.0. The van der Waals surface area contributed by atoms with Gasteiger partial charge in [0.1, 0.15) is 0 Å². The molecule has 0 amide bonds. The predicted molar refractivity (Wildman–Crippen MR) is 283 cm³/mol. The minimum absolute atomic E-state index is 0.183. The molecule has 0 saturated heterocycles. The minimum Gasteiger partial charge on any atom is -0.311 e. The highest BCUT2D eigenvalue weighted by Crippen LogP contribution is 2.66. The van der Waals surface area contributed by atoms with Crippen LogP contribution in [0.5, 0.6) is 0 Å². The van der Waals surface area contributed by atoms with Crippen LogP contribution in [-0.2, 0) is 10.8 Å². The Morgan fingerprint density at radius 2 is 1.19 bits per heavy atom. The lowest BCUT2D eigenvalue weighted by molar-refractivity contribution is 0.424. The average molecular weight is 869 g/mol. The summed E-state index contributed by atoms with van der Waals surface area (Å²) in [6, 6.07) is 78.2. The Labute approximate surface area is 397 Å². The highest BCUT2D eigenvalue weighted by molar-refractivity contribution is 6.10. The summed E-state index contributed by atoms with van der Waals surface area (Å²) in [5, 5.41) is 4.99. The third-order valence-corrected chi connectivity index (χ3v) is 15.7. The summed E-state index contributed by atoms with van der Waals surface area (Å²) in [6.45, 7) is 0. The van der Waals surface area contributed by atoms with Crippen molar-refractivity contribution in [1.29, 1.82) is 0 Å². The third-order valence-electron chi connectivity index (χ3n) is 15.7. The molecule has 0 bridgehead atoms. The number of rotatable bonds is 7. The van der Waals surface area contributed by atoms with Crippen molar-refractivity contribution in [2.45, 2.75) is 30.1 Å². The van der Waals surface area contributed by atoms with Crippen LogP contribution < -0.4 is 4.90 Å². The van der Waals surface area contributed by atoms with Gasteiger partial charge >= 0.3 is 0 Å². The molecule has 9 aromatic carbocycles. The molecule has 10 aromatic rings. The van der Waals surface area contributed by atoms with Crippen molar-refractivity contribution >= 4 is 44.0 Å². The van der Waals surface area contributed by atoms with Gasteiger partial charge in [0.05, 0.1) is 21.9 Å². The Balaban J connectivity index is 0.985. The van der Waals surface area contributed by atoms with E-state index in [-0.39, 0.29) is 5.92 Å². The first kappa shape index (κ1) is 39.0. The molecule has 0 saturated carbocycles. The van der Waals surface area contributed by atoms with Crippen molar-refractivity contribution in [2.75, 3.05) is 4.90 Å². The van der Waals surface area contributed by atoms with E-state index in [2.05, 4.69) is 258 Å². The van der Waals surface area contributed by atoms with Crippen LogP contribution in [0.2, 0.25) is 0 Å². The van der Waals surface area contributed by atoms with E-state index in [0.717, 1.165) is 36.3 Å². The van der Waals surface area contributed by atoms with Crippen LogP contribution >= 0.6 is 0 Å². The maximum atomic E-state index is 2.48. The van der Waals surface area contributed by atoms with E-state index in [1.165, 1.54) is 88.3 Å². The summed E-state index contributed by atoms with van der Waals surface area (Å²) in [7, 11) is 0. The Bertz CT molecular complexity index is 3790. The highest BCUT2D eigenvalue weighted by atomic mass is 15.1. The lowest BCUT2D eigenvalue weighted by atomic mass is 9.49. The van der Waals surface area contributed by atoms with E-state index in [9.17, 15) is 0 Å². The Morgan fingerprint density at radius 3 is 2.03 bits per heavy atom.